The van der Waals surface area contributed by atoms with Crippen molar-refractivity contribution in [1.82, 2.24) is 4.90 Å². The predicted octanol–water partition coefficient (Wildman–Crippen LogP) is 4.13. The largest absolute Gasteiger partial charge is 0.493 e. The van der Waals surface area contributed by atoms with Crippen molar-refractivity contribution in [3.63, 3.8) is 0 Å². The van der Waals surface area contributed by atoms with Crippen molar-refractivity contribution in [3.05, 3.63) is 48.0 Å². The van der Waals surface area contributed by atoms with Crippen molar-refractivity contribution in [2.24, 2.45) is 10.7 Å². The number of methoxy groups -OCH3 is 1. The normalized spacial score (nSPS) is 11.6. The maximum absolute atomic E-state index is 6.04. The quantitative estimate of drug-likeness (QED) is 0.391. The van der Waals surface area contributed by atoms with Crippen LogP contribution in [0.1, 0.15) is 33.3 Å². The highest BCUT2D eigenvalue weighted by Crippen LogP contribution is 2.28. The van der Waals surface area contributed by atoms with Crippen LogP contribution in [0.4, 0.5) is 5.69 Å². The van der Waals surface area contributed by atoms with Crippen molar-refractivity contribution in [3.8, 4) is 17.2 Å². The Morgan fingerprint density at radius 3 is 2.39 bits per heavy atom. The third kappa shape index (κ3) is 8.38. The average Bonchev–Trinajstić information content (AvgIpc) is 2.76. The average molecular weight is 429 g/mol. The first-order chi connectivity index (χ1) is 14.9. The fraction of sp³-hybridized carbons (Fsp3) is 0.458. The van der Waals surface area contributed by atoms with Crippen molar-refractivity contribution in [2.75, 3.05) is 38.7 Å². The van der Waals surface area contributed by atoms with Crippen LogP contribution in [0.15, 0.2) is 47.5 Å². The molecule has 2 aromatic carbocycles. The molecule has 0 aliphatic rings. The summed E-state index contributed by atoms with van der Waals surface area (Å²) in [7, 11) is 1.64. The molecule has 7 heteroatoms. The molecule has 0 unspecified atom stereocenters. The van der Waals surface area contributed by atoms with Gasteiger partial charge in [-0.05, 0) is 68.9 Å². The molecule has 0 atom stereocenters. The van der Waals surface area contributed by atoms with Gasteiger partial charge in [0.15, 0.2) is 17.5 Å². The van der Waals surface area contributed by atoms with E-state index in [0.29, 0.717) is 24.9 Å². The number of guanidine groups is 1. The van der Waals surface area contributed by atoms with E-state index in [1.54, 1.807) is 7.11 Å². The lowest BCUT2D eigenvalue weighted by atomic mass is 10.2. The summed E-state index contributed by atoms with van der Waals surface area (Å²) < 4.78 is 17.0. The third-order valence-corrected chi connectivity index (χ3v) is 4.72. The van der Waals surface area contributed by atoms with Crippen LogP contribution in [0.3, 0.4) is 0 Å². The fourth-order valence-corrected chi connectivity index (χ4v) is 3.01. The van der Waals surface area contributed by atoms with E-state index in [4.69, 9.17) is 19.9 Å². The SMILES string of the molecule is CCN(CC)CCOc1ccc(CN=C(N)Nc2ccc(OC(C)C)cc2)cc1OC. The van der Waals surface area contributed by atoms with E-state index < -0.39 is 0 Å². The summed E-state index contributed by atoms with van der Waals surface area (Å²) >= 11 is 0. The minimum absolute atomic E-state index is 0.140. The van der Waals surface area contributed by atoms with Crippen LogP contribution in [0.5, 0.6) is 17.2 Å². The number of ether oxygens (including phenoxy) is 3. The van der Waals surface area contributed by atoms with E-state index in [-0.39, 0.29) is 6.10 Å². The van der Waals surface area contributed by atoms with Gasteiger partial charge >= 0.3 is 0 Å². The van der Waals surface area contributed by atoms with Gasteiger partial charge in [-0.25, -0.2) is 4.99 Å². The van der Waals surface area contributed by atoms with Gasteiger partial charge in [-0.15, -0.1) is 0 Å². The van der Waals surface area contributed by atoms with E-state index >= 15 is 0 Å². The van der Waals surface area contributed by atoms with Crippen LogP contribution < -0.4 is 25.3 Å². The lowest BCUT2D eigenvalue weighted by Gasteiger charge is -2.18. The molecule has 0 amide bonds. The Labute approximate surface area is 186 Å². The molecule has 0 aliphatic heterocycles. The Hall–Kier alpha value is -2.93. The second-order valence-corrected chi connectivity index (χ2v) is 7.38. The molecule has 7 nitrogen and oxygen atoms in total. The molecule has 170 valence electrons. The van der Waals surface area contributed by atoms with E-state index in [9.17, 15) is 0 Å². The Morgan fingerprint density at radius 1 is 1.06 bits per heavy atom. The zero-order valence-corrected chi connectivity index (χ0v) is 19.4. The predicted molar refractivity (Wildman–Crippen MR) is 127 cm³/mol. The topological polar surface area (TPSA) is 81.3 Å². The van der Waals surface area contributed by atoms with Crippen LogP contribution in [0.25, 0.3) is 0 Å². The number of anilines is 1. The minimum atomic E-state index is 0.140. The first-order valence-electron chi connectivity index (χ1n) is 10.8. The number of rotatable bonds is 12. The molecule has 2 rings (SSSR count). The Kier molecular flexibility index (Phi) is 9.97. The zero-order chi connectivity index (χ0) is 22.6. The van der Waals surface area contributed by atoms with Gasteiger partial charge in [-0.1, -0.05) is 19.9 Å². The van der Waals surface area contributed by atoms with Crippen LogP contribution in [-0.4, -0.2) is 50.3 Å². The van der Waals surface area contributed by atoms with Crippen LogP contribution in [0.2, 0.25) is 0 Å². The van der Waals surface area contributed by atoms with E-state index in [1.807, 2.05) is 56.3 Å². The van der Waals surface area contributed by atoms with Gasteiger partial charge in [-0.3, -0.25) is 0 Å². The summed E-state index contributed by atoms with van der Waals surface area (Å²) in [5, 5.41) is 3.09. The number of benzene rings is 2. The lowest BCUT2D eigenvalue weighted by molar-refractivity contribution is 0.217. The molecule has 31 heavy (non-hydrogen) atoms. The Morgan fingerprint density at radius 2 is 1.77 bits per heavy atom. The summed E-state index contributed by atoms with van der Waals surface area (Å²) in [6, 6.07) is 13.5. The summed E-state index contributed by atoms with van der Waals surface area (Å²) in [6.07, 6.45) is 0.140. The number of nitrogens with one attached hydrogen (secondary N) is 1. The van der Waals surface area contributed by atoms with Gasteiger partial charge in [0.25, 0.3) is 0 Å². The summed E-state index contributed by atoms with van der Waals surface area (Å²) in [4.78, 5) is 6.74. The maximum atomic E-state index is 6.04. The molecular weight excluding hydrogens is 392 g/mol. The standard InChI is InChI=1S/C24H36N4O3/c1-6-28(7-2)14-15-30-22-13-8-19(16-23(22)29-5)17-26-24(25)27-20-9-11-21(12-10-20)31-18(3)4/h8-13,16,18H,6-7,14-15,17H2,1-5H3,(H3,25,26,27). The number of aliphatic imine (C=N–C) groups is 1. The summed E-state index contributed by atoms with van der Waals surface area (Å²) in [6.45, 7) is 12.3. The van der Waals surface area contributed by atoms with Crippen LogP contribution in [-0.2, 0) is 6.54 Å². The lowest BCUT2D eigenvalue weighted by Crippen LogP contribution is -2.27. The van der Waals surface area contributed by atoms with Crippen molar-refractivity contribution >= 4 is 11.6 Å². The molecule has 0 fully saturated rings. The van der Waals surface area contributed by atoms with Gasteiger partial charge in [-0.2, -0.15) is 0 Å². The first kappa shape index (κ1) is 24.3. The third-order valence-electron chi connectivity index (χ3n) is 4.72. The number of likely N-dealkylation sites (N-methyl/N-ethyl adjacent to an activating group) is 1. The summed E-state index contributed by atoms with van der Waals surface area (Å²) in [5.41, 5.74) is 7.88. The molecule has 2 aromatic rings. The van der Waals surface area contributed by atoms with Gasteiger partial charge in [0.2, 0.25) is 0 Å². The van der Waals surface area contributed by atoms with Gasteiger partial charge in [0.05, 0.1) is 19.8 Å². The van der Waals surface area contributed by atoms with Gasteiger partial charge < -0.3 is 30.2 Å². The van der Waals surface area contributed by atoms with Crippen LogP contribution in [0, 0.1) is 0 Å². The van der Waals surface area contributed by atoms with Gasteiger partial charge in [0, 0.05) is 12.2 Å². The molecule has 0 spiro atoms. The highest BCUT2D eigenvalue weighted by Gasteiger charge is 2.07. The van der Waals surface area contributed by atoms with E-state index in [0.717, 1.165) is 42.4 Å². The van der Waals surface area contributed by atoms with Gasteiger partial charge in [0.1, 0.15) is 12.4 Å². The second-order valence-electron chi connectivity index (χ2n) is 7.38. The fourth-order valence-electron chi connectivity index (χ4n) is 3.01. The number of hydrogen-bond acceptors (Lipinski definition) is 5. The first-order valence-corrected chi connectivity index (χ1v) is 10.8. The van der Waals surface area contributed by atoms with E-state index in [1.165, 1.54) is 0 Å². The molecule has 0 heterocycles. The van der Waals surface area contributed by atoms with Crippen molar-refractivity contribution < 1.29 is 14.2 Å². The Balaban J connectivity index is 1.92. The summed E-state index contributed by atoms with van der Waals surface area (Å²) in [5.74, 6) is 2.59. The molecule has 0 radical (unpaired) electrons. The number of hydrogen-bond donors (Lipinski definition) is 2. The second kappa shape index (κ2) is 12.7. The highest BCUT2D eigenvalue weighted by molar-refractivity contribution is 5.92. The highest BCUT2D eigenvalue weighted by atomic mass is 16.5. The molecule has 3 N–H and O–H groups in total. The molecule has 0 aromatic heterocycles. The van der Waals surface area contributed by atoms with Crippen LogP contribution >= 0.6 is 0 Å². The van der Waals surface area contributed by atoms with Crippen molar-refractivity contribution in [2.45, 2.75) is 40.3 Å². The minimum Gasteiger partial charge on any atom is -0.493 e. The molecule has 0 saturated carbocycles. The maximum Gasteiger partial charge on any atom is 0.193 e. The Bertz CT molecular complexity index is 818. The van der Waals surface area contributed by atoms with E-state index in [2.05, 4.69) is 29.1 Å². The van der Waals surface area contributed by atoms with Crippen molar-refractivity contribution in [1.29, 1.82) is 0 Å². The number of nitrogens with two attached hydrogens (primary N) is 1. The zero-order valence-electron chi connectivity index (χ0n) is 19.4. The molecule has 0 saturated heterocycles. The number of nitrogens with zero attached hydrogens (tertiary/aromatic N) is 2. The monoisotopic (exact) mass is 428 g/mol. The molecule has 0 aliphatic carbocycles. The molecule has 0 bridgehead atoms. The smallest absolute Gasteiger partial charge is 0.193 e. The molecular formula is C24H36N4O3.